The molecule has 0 aromatic heterocycles. The molecule has 180 valence electrons. The van der Waals surface area contributed by atoms with Crippen LogP contribution in [0.5, 0.6) is 17.2 Å². The molecule has 0 bridgehead atoms. The second-order valence-corrected chi connectivity index (χ2v) is 9.48. The number of benzene rings is 2. The molecule has 2 aromatic carbocycles. The second-order valence-electron chi connectivity index (χ2n) is 9.48. The highest BCUT2D eigenvalue weighted by Gasteiger charge is 2.38. The quantitative estimate of drug-likeness (QED) is 0.530. The van der Waals surface area contributed by atoms with Crippen LogP contribution in [0.2, 0.25) is 0 Å². The Morgan fingerprint density at radius 2 is 1.79 bits per heavy atom. The van der Waals surface area contributed by atoms with Crippen LogP contribution in [0.1, 0.15) is 31.2 Å². The molecular formula is C27H32N2O5. The van der Waals surface area contributed by atoms with Crippen LogP contribution in [0.15, 0.2) is 54.3 Å². The largest absolute Gasteiger partial charge is 0.493 e. The Morgan fingerprint density at radius 1 is 1.03 bits per heavy atom. The zero-order chi connectivity index (χ0) is 23.7. The first-order valence-electron chi connectivity index (χ1n) is 11.9. The summed E-state index contributed by atoms with van der Waals surface area (Å²) in [5.74, 6) is 2.81. The lowest BCUT2D eigenvalue weighted by Crippen LogP contribution is -2.61. The SMILES string of the molecule is COc1cc(N2CC=C(Oc3ccc(C4CC4)cc3)C2=O)ccc1OCCN1CC(C)(OC)C1. The van der Waals surface area contributed by atoms with Gasteiger partial charge in [0, 0.05) is 45.0 Å². The van der Waals surface area contributed by atoms with Crippen LogP contribution in [0, 0.1) is 0 Å². The lowest BCUT2D eigenvalue weighted by molar-refractivity contribution is -0.116. The lowest BCUT2D eigenvalue weighted by atomic mass is 9.97. The second kappa shape index (κ2) is 9.31. The number of hydrogen-bond acceptors (Lipinski definition) is 6. The Balaban J connectivity index is 1.16. The molecule has 2 fully saturated rings. The van der Waals surface area contributed by atoms with Crippen molar-refractivity contribution >= 4 is 11.6 Å². The van der Waals surface area contributed by atoms with Gasteiger partial charge in [-0.3, -0.25) is 9.69 Å². The summed E-state index contributed by atoms with van der Waals surface area (Å²) in [6.07, 6.45) is 4.34. The molecule has 2 aliphatic heterocycles. The first kappa shape index (κ1) is 22.7. The predicted octanol–water partition coefficient (Wildman–Crippen LogP) is 3.98. The van der Waals surface area contributed by atoms with E-state index in [0.29, 0.717) is 42.1 Å². The van der Waals surface area contributed by atoms with E-state index in [0.717, 1.165) is 25.3 Å². The minimum Gasteiger partial charge on any atom is -0.493 e. The van der Waals surface area contributed by atoms with Crippen LogP contribution in [0.3, 0.4) is 0 Å². The third kappa shape index (κ3) is 4.76. The van der Waals surface area contributed by atoms with E-state index in [-0.39, 0.29) is 11.5 Å². The molecule has 0 atom stereocenters. The van der Waals surface area contributed by atoms with Crippen molar-refractivity contribution < 1.29 is 23.7 Å². The first-order chi connectivity index (χ1) is 16.5. The smallest absolute Gasteiger partial charge is 0.294 e. The molecule has 0 spiro atoms. The topological polar surface area (TPSA) is 60.5 Å². The van der Waals surface area contributed by atoms with Crippen LogP contribution in [-0.4, -0.2) is 63.4 Å². The number of amides is 1. The van der Waals surface area contributed by atoms with E-state index in [9.17, 15) is 4.79 Å². The molecule has 0 N–H and O–H groups in total. The Morgan fingerprint density at radius 3 is 2.47 bits per heavy atom. The molecule has 1 amide bonds. The van der Waals surface area contributed by atoms with Gasteiger partial charge in [-0.25, -0.2) is 0 Å². The molecule has 3 aliphatic rings. The number of hydrogen-bond donors (Lipinski definition) is 0. The van der Waals surface area contributed by atoms with Gasteiger partial charge in [-0.2, -0.15) is 0 Å². The minimum atomic E-state index is -0.166. The normalized spacial score (nSPS) is 19.6. The summed E-state index contributed by atoms with van der Waals surface area (Å²) < 4.78 is 22.9. The summed E-state index contributed by atoms with van der Waals surface area (Å²) in [5, 5.41) is 0. The lowest BCUT2D eigenvalue weighted by Gasteiger charge is -2.46. The maximum Gasteiger partial charge on any atom is 0.294 e. The summed E-state index contributed by atoms with van der Waals surface area (Å²) in [6.45, 7) is 5.74. The Hall–Kier alpha value is -3.03. The highest BCUT2D eigenvalue weighted by Crippen LogP contribution is 2.40. The van der Waals surface area contributed by atoms with Gasteiger partial charge >= 0.3 is 0 Å². The first-order valence-corrected chi connectivity index (χ1v) is 11.9. The number of likely N-dealkylation sites (tertiary alicyclic amines) is 1. The van der Waals surface area contributed by atoms with Crippen LogP contribution < -0.4 is 19.1 Å². The van der Waals surface area contributed by atoms with E-state index in [1.807, 2.05) is 36.4 Å². The van der Waals surface area contributed by atoms with Crippen LogP contribution in [0.25, 0.3) is 0 Å². The van der Waals surface area contributed by atoms with Gasteiger partial charge < -0.3 is 23.8 Å². The number of ether oxygens (including phenoxy) is 4. The van der Waals surface area contributed by atoms with Crippen molar-refractivity contribution in [1.82, 2.24) is 4.90 Å². The van der Waals surface area contributed by atoms with Gasteiger partial charge in [0.15, 0.2) is 17.3 Å². The molecule has 0 unspecified atom stereocenters. The van der Waals surface area contributed by atoms with Gasteiger partial charge in [0.25, 0.3) is 5.91 Å². The molecule has 0 radical (unpaired) electrons. The molecule has 7 heteroatoms. The molecule has 1 aliphatic carbocycles. The fraction of sp³-hybridized carbons (Fsp3) is 0.444. The van der Waals surface area contributed by atoms with Crippen molar-refractivity contribution in [2.24, 2.45) is 0 Å². The van der Waals surface area contributed by atoms with E-state index in [2.05, 4.69) is 24.0 Å². The zero-order valence-electron chi connectivity index (χ0n) is 20.1. The van der Waals surface area contributed by atoms with Crippen molar-refractivity contribution in [2.75, 3.05) is 51.9 Å². The summed E-state index contributed by atoms with van der Waals surface area (Å²) in [5.41, 5.74) is 2.04. The van der Waals surface area contributed by atoms with E-state index in [4.69, 9.17) is 18.9 Å². The van der Waals surface area contributed by atoms with Crippen molar-refractivity contribution in [3.05, 3.63) is 59.9 Å². The van der Waals surface area contributed by atoms with Gasteiger partial charge in [0.05, 0.1) is 12.7 Å². The number of methoxy groups -OCH3 is 2. The van der Waals surface area contributed by atoms with Crippen molar-refractivity contribution in [3.8, 4) is 17.2 Å². The van der Waals surface area contributed by atoms with Crippen molar-refractivity contribution in [3.63, 3.8) is 0 Å². The number of carbonyl (C=O) groups is 1. The summed E-state index contributed by atoms with van der Waals surface area (Å²) in [4.78, 5) is 17.0. The van der Waals surface area contributed by atoms with E-state index in [1.54, 1.807) is 19.1 Å². The number of carbonyl (C=O) groups excluding carboxylic acids is 1. The summed E-state index contributed by atoms with van der Waals surface area (Å²) in [7, 11) is 3.36. The highest BCUT2D eigenvalue weighted by molar-refractivity contribution is 6.07. The van der Waals surface area contributed by atoms with Gasteiger partial charge in [-0.05, 0) is 61.6 Å². The molecule has 1 saturated heterocycles. The minimum absolute atomic E-state index is 0.0434. The third-order valence-electron chi connectivity index (χ3n) is 6.80. The summed E-state index contributed by atoms with van der Waals surface area (Å²) >= 11 is 0. The highest BCUT2D eigenvalue weighted by atomic mass is 16.5. The maximum atomic E-state index is 13.0. The Kier molecular flexibility index (Phi) is 6.23. The van der Waals surface area contributed by atoms with Gasteiger partial charge in [-0.1, -0.05) is 12.1 Å². The number of rotatable bonds is 10. The van der Waals surface area contributed by atoms with Crippen LogP contribution in [0.4, 0.5) is 5.69 Å². The maximum absolute atomic E-state index is 13.0. The summed E-state index contributed by atoms with van der Waals surface area (Å²) in [6, 6.07) is 13.6. The Labute approximate surface area is 200 Å². The fourth-order valence-corrected chi connectivity index (χ4v) is 4.55. The molecule has 2 aromatic rings. The Bertz CT molecular complexity index is 1070. The van der Waals surface area contributed by atoms with Crippen LogP contribution >= 0.6 is 0 Å². The van der Waals surface area contributed by atoms with E-state index in [1.165, 1.54) is 18.4 Å². The van der Waals surface area contributed by atoms with Crippen molar-refractivity contribution in [2.45, 2.75) is 31.3 Å². The average molecular weight is 465 g/mol. The van der Waals surface area contributed by atoms with Gasteiger partial charge in [0.1, 0.15) is 12.4 Å². The monoisotopic (exact) mass is 464 g/mol. The third-order valence-corrected chi connectivity index (χ3v) is 6.80. The molecule has 5 rings (SSSR count). The molecule has 34 heavy (non-hydrogen) atoms. The van der Waals surface area contributed by atoms with Crippen LogP contribution in [-0.2, 0) is 9.53 Å². The zero-order valence-corrected chi connectivity index (χ0v) is 20.1. The molecule has 2 heterocycles. The standard InChI is InChI=1S/C27H32N2O5/c1-27(32-3)17-28(18-27)14-15-33-23-11-8-21(16-25(23)31-2)29-13-12-24(26(29)30)34-22-9-6-20(7-10-22)19-4-5-19/h6-12,16,19H,4-5,13-15,17-18H2,1-3H3. The van der Waals surface area contributed by atoms with Gasteiger partial charge in [-0.15, -0.1) is 0 Å². The van der Waals surface area contributed by atoms with E-state index >= 15 is 0 Å². The average Bonchev–Trinajstić information content (AvgIpc) is 3.62. The van der Waals surface area contributed by atoms with Gasteiger partial charge in [0.2, 0.25) is 0 Å². The predicted molar refractivity (Wildman–Crippen MR) is 130 cm³/mol. The number of nitrogens with zero attached hydrogens (tertiary/aromatic N) is 2. The molecule has 7 nitrogen and oxygen atoms in total. The molecule has 1 saturated carbocycles. The molecular weight excluding hydrogens is 432 g/mol. The van der Waals surface area contributed by atoms with E-state index < -0.39 is 0 Å². The number of anilines is 1. The van der Waals surface area contributed by atoms with Crippen molar-refractivity contribution in [1.29, 1.82) is 0 Å². The fourth-order valence-electron chi connectivity index (χ4n) is 4.55.